The fourth-order valence-corrected chi connectivity index (χ4v) is 4.74. The zero-order valence-corrected chi connectivity index (χ0v) is 17.4. The molecule has 1 heterocycles. The summed E-state index contributed by atoms with van der Waals surface area (Å²) >= 11 is 1.59. The molecule has 4 nitrogen and oxygen atoms in total. The van der Waals surface area contributed by atoms with Crippen molar-refractivity contribution >= 4 is 27.5 Å². The van der Waals surface area contributed by atoms with E-state index in [-0.39, 0.29) is 6.42 Å². The first-order valence-corrected chi connectivity index (χ1v) is 11.1. The molecule has 2 aromatic rings. The van der Waals surface area contributed by atoms with E-state index in [0.29, 0.717) is 11.8 Å². The highest BCUT2D eigenvalue weighted by atomic mass is 32.1. The number of nitrogens with zero attached hydrogens (tertiary/aromatic N) is 1. The van der Waals surface area contributed by atoms with Crippen LogP contribution in [0.4, 0.5) is 0 Å². The van der Waals surface area contributed by atoms with E-state index < -0.39 is 12.1 Å². The SMILES string of the molecule is CCC(CCC(O)c1nc2ccccc2s1)[C@H](C)CCCCCCC(=O)O. The van der Waals surface area contributed by atoms with Gasteiger partial charge in [-0.1, -0.05) is 58.1 Å². The lowest BCUT2D eigenvalue weighted by Crippen LogP contribution is -2.12. The Balaban J connectivity index is 1.72. The van der Waals surface area contributed by atoms with Gasteiger partial charge in [0.15, 0.2) is 0 Å². The van der Waals surface area contributed by atoms with Crippen molar-refractivity contribution in [1.29, 1.82) is 0 Å². The summed E-state index contributed by atoms with van der Waals surface area (Å²) in [5.74, 6) is 0.561. The molecule has 0 aliphatic heterocycles. The van der Waals surface area contributed by atoms with E-state index in [1.165, 1.54) is 6.42 Å². The number of aliphatic hydroxyl groups is 1. The van der Waals surface area contributed by atoms with Crippen LogP contribution in [0.5, 0.6) is 0 Å². The number of aromatic nitrogens is 1. The molecule has 150 valence electrons. The Morgan fingerprint density at radius 2 is 1.85 bits per heavy atom. The summed E-state index contributed by atoms with van der Waals surface area (Å²) in [6.45, 7) is 4.55. The van der Waals surface area contributed by atoms with Crippen LogP contribution in [-0.4, -0.2) is 21.2 Å². The lowest BCUT2D eigenvalue weighted by Gasteiger charge is -2.23. The van der Waals surface area contributed by atoms with Crippen molar-refractivity contribution in [2.75, 3.05) is 0 Å². The average molecular weight is 392 g/mol. The number of aliphatic carboxylic acids is 1. The molecule has 0 aliphatic rings. The minimum atomic E-state index is -0.693. The Labute approximate surface area is 166 Å². The van der Waals surface area contributed by atoms with Gasteiger partial charge in [-0.05, 0) is 43.2 Å². The second-order valence-electron chi connectivity index (χ2n) is 7.61. The molecule has 1 aromatic heterocycles. The fraction of sp³-hybridized carbons (Fsp3) is 0.636. The van der Waals surface area contributed by atoms with Gasteiger partial charge >= 0.3 is 5.97 Å². The molecule has 27 heavy (non-hydrogen) atoms. The van der Waals surface area contributed by atoms with E-state index in [4.69, 9.17) is 5.11 Å². The van der Waals surface area contributed by atoms with Crippen molar-refractivity contribution in [3.05, 3.63) is 29.3 Å². The van der Waals surface area contributed by atoms with Gasteiger partial charge in [-0.15, -0.1) is 11.3 Å². The number of carbonyl (C=O) groups is 1. The number of hydrogen-bond acceptors (Lipinski definition) is 4. The molecule has 2 N–H and O–H groups in total. The van der Waals surface area contributed by atoms with Crippen LogP contribution < -0.4 is 0 Å². The van der Waals surface area contributed by atoms with Crippen LogP contribution in [0.1, 0.15) is 82.7 Å². The summed E-state index contributed by atoms with van der Waals surface area (Å²) in [6.07, 6.45) is 7.99. The minimum Gasteiger partial charge on any atom is -0.481 e. The molecule has 5 heteroatoms. The topological polar surface area (TPSA) is 70.4 Å². The van der Waals surface area contributed by atoms with Crippen LogP contribution in [0.3, 0.4) is 0 Å². The maximum atomic E-state index is 10.6. The number of hydrogen-bond donors (Lipinski definition) is 2. The molecule has 0 radical (unpaired) electrons. The molecule has 0 amide bonds. The highest BCUT2D eigenvalue weighted by molar-refractivity contribution is 7.18. The number of carboxylic acid groups (broad SMARTS) is 1. The highest BCUT2D eigenvalue weighted by Gasteiger charge is 2.19. The van der Waals surface area contributed by atoms with Crippen molar-refractivity contribution in [2.45, 2.75) is 77.7 Å². The van der Waals surface area contributed by atoms with Crippen LogP contribution in [0.25, 0.3) is 10.2 Å². The van der Waals surface area contributed by atoms with Crippen molar-refractivity contribution in [1.82, 2.24) is 4.98 Å². The molecule has 0 aliphatic carbocycles. The number of fused-ring (bicyclic) bond motifs is 1. The Kier molecular flexibility index (Phi) is 9.22. The van der Waals surface area contributed by atoms with Crippen molar-refractivity contribution in [3.8, 4) is 0 Å². The fourth-order valence-electron chi connectivity index (χ4n) is 3.75. The standard InChI is InChI=1S/C22H33NO3S/c1-3-17(16(2)10-6-4-5-7-13-21(25)26)14-15-19(24)22-23-18-11-8-9-12-20(18)27-22/h8-9,11-12,16-17,19,24H,3-7,10,13-15H2,1-2H3,(H,25,26)/t16-,17?,19?/m1/s1. The predicted molar refractivity (Wildman–Crippen MR) is 112 cm³/mol. The quantitative estimate of drug-likeness (QED) is 0.399. The zero-order chi connectivity index (χ0) is 19.6. The van der Waals surface area contributed by atoms with Crippen LogP contribution in [-0.2, 0) is 4.79 Å². The number of rotatable bonds is 13. The summed E-state index contributed by atoms with van der Waals surface area (Å²) in [5.41, 5.74) is 0.972. The third-order valence-corrected chi connectivity index (χ3v) is 6.67. The highest BCUT2D eigenvalue weighted by Crippen LogP contribution is 2.32. The maximum absolute atomic E-state index is 10.6. The number of benzene rings is 1. The summed E-state index contributed by atoms with van der Waals surface area (Å²) < 4.78 is 1.13. The van der Waals surface area contributed by atoms with Gasteiger partial charge in [0, 0.05) is 6.42 Å². The number of unbranched alkanes of at least 4 members (excludes halogenated alkanes) is 3. The van der Waals surface area contributed by atoms with Gasteiger partial charge in [0.05, 0.1) is 10.2 Å². The molecule has 0 fully saturated rings. The molecule has 0 spiro atoms. The molecule has 2 unspecified atom stereocenters. The van der Waals surface area contributed by atoms with Gasteiger partial charge in [0.1, 0.15) is 11.1 Å². The van der Waals surface area contributed by atoms with E-state index in [1.807, 2.05) is 18.2 Å². The third kappa shape index (κ3) is 7.23. The molecule has 1 aromatic carbocycles. The lowest BCUT2D eigenvalue weighted by molar-refractivity contribution is -0.137. The molecule has 0 saturated heterocycles. The Morgan fingerprint density at radius 3 is 2.56 bits per heavy atom. The van der Waals surface area contributed by atoms with Crippen LogP contribution in [0, 0.1) is 11.8 Å². The largest absolute Gasteiger partial charge is 0.481 e. The minimum absolute atomic E-state index is 0.288. The van der Waals surface area contributed by atoms with Gasteiger partial charge in [-0.2, -0.15) is 0 Å². The summed E-state index contributed by atoms with van der Waals surface area (Å²) in [4.78, 5) is 15.1. The Morgan fingerprint density at radius 1 is 1.11 bits per heavy atom. The Bertz CT molecular complexity index is 667. The smallest absolute Gasteiger partial charge is 0.303 e. The van der Waals surface area contributed by atoms with Crippen molar-refractivity contribution < 1.29 is 15.0 Å². The number of aliphatic hydroxyl groups excluding tert-OH is 1. The average Bonchev–Trinajstić information content (AvgIpc) is 3.09. The van der Waals surface area contributed by atoms with Crippen LogP contribution >= 0.6 is 11.3 Å². The molecule has 0 saturated carbocycles. The monoisotopic (exact) mass is 391 g/mol. The third-order valence-electron chi connectivity index (χ3n) is 5.54. The molecule has 2 rings (SSSR count). The summed E-state index contributed by atoms with van der Waals surface area (Å²) in [5, 5.41) is 20.1. The molecule has 0 bridgehead atoms. The predicted octanol–water partition coefficient (Wildman–Crippen LogP) is 6.20. The van der Waals surface area contributed by atoms with Crippen LogP contribution in [0.2, 0.25) is 0 Å². The normalized spacial score (nSPS) is 14.9. The van der Waals surface area contributed by atoms with E-state index in [9.17, 15) is 9.90 Å². The van der Waals surface area contributed by atoms with E-state index >= 15 is 0 Å². The molecule has 3 atom stereocenters. The van der Waals surface area contributed by atoms with Gasteiger partial charge in [-0.25, -0.2) is 4.98 Å². The Hall–Kier alpha value is -1.46. The van der Waals surface area contributed by atoms with Gasteiger partial charge < -0.3 is 10.2 Å². The van der Waals surface area contributed by atoms with E-state index in [0.717, 1.165) is 60.2 Å². The molecular weight excluding hydrogens is 358 g/mol. The maximum Gasteiger partial charge on any atom is 0.303 e. The van der Waals surface area contributed by atoms with Gasteiger partial charge in [0.2, 0.25) is 0 Å². The van der Waals surface area contributed by atoms with E-state index in [2.05, 4.69) is 24.9 Å². The first-order valence-electron chi connectivity index (χ1n) is 10.3. The van der Waals surface area contributed by atoms with E-state index in [1.54, 1.807) is 11.3 Å². The van der Waals surface area contributed by atoms with Gasteiger partial charge in [0.25, 0.3) is 0 Å². The second-order valence-corrected chi connectivity index (χ2v) is 8.67. The summed E-state index contributed by atoms with van der Waals surface area (Å²) in [6, 6.07) is 8.04. The number of carboxylic acids is 1. The van der Waals surface area contributed by atoms with Gasteiger partial charge in [-0.3, -0.25) is 4.79 Å². The molecular formula is C22H33NO3S. The first-order chi connectivity index (χ1) is 13.0. The lowest BCUT2D eigenvalue weighted by atomic mass is 9.83. The van der Waals surface area contributed by atoms with Crippen LogP contribution in [0.15, 0.2) is 24.3 Å². The first kappa shape index (κ1) is 21.8. The number of para-hydroxylation sites is 1. The van der Waals surface area contributed by atoms with Crippen molar-refractivity contribution in [3.63, 3.8) is 0 Å². The van der Waals surface area contributed by atoms with Crippen molar-refractivity contribution in [2.24, 2.45) is 11.8 Å². The number of thiazole rings is 1. The zero-order valence-electron chi connectivity index (χ0n) is 16.6. The summed E-state index contributed by atoms with van der Waals surface area (Å²) in [7, 11) is 0. The second kappa shape index (κ2) is 11.4.